The molecule has 0 aliphatic rings. The van der Waals surface area contributed by atoms with Gasteiger partial charge in [-0.1, -0.05) is 6.92 Å². The van der Waals surface area contributed by atoms with E-state index in [0.717, 1.165) is 11.4 Å². The van der Waals surface area contributed by atoms with Gasteiger partial charge in [0, 0.05) is 18.8 Å². The normalized spacial score (nSPS) is 9.56. The van der Waals surface area contributed by atoms with Crippen LogP contribution in [-0.2, 0) is 0 Å². The molecule has 2 nitrogen and oxygen atoms in total. The van der Waals surface area contributed by atoms with E-state index in [-0.39, 0.29) is 0 Å². The van der Waals surface area contributed by atoms with Crippen molar-refractivity contribution in [3.8, 4) is 0 Å². The molecular weight excluding hydrogens is 112 g/mol. The van der Waals surface area contributed by atoms with E-state index in [1.54, 1.807) is 12.4 Å². The maximum absolute atomic E-state index is 4.08. The molecule has 0 amide bonds. The summed E-state index contributed by atoms with van der Waals surface area (Å²) in [6.07, 6.45) is 5.44. The van der Waals surface area contributed by atoms with Gasteiger partial charge in [-0.15, -0.1) is 0 Å². The van der Waals surface area contributed by atoms with Gasteiger partial charge in [0.2, 0.25) is 0 Å². The molecule has 0 aromatic carbocycles. The van der Waals surface area contributed by atoms with Crippen LogP contribution in [0.1, 0.15) is 18.3 Å². The summed E-state index contributed by atoms with van der Waals surface area (Å²) in [6.45, 7) is 3.87. The van der Waals surface area contributed by atoms with Gasteiger partial charge in [0.1, 0.15) is 0 Å². The highest BCUT2D eigenvalue weighted by Gasteiger charge is 1.88. The average molecular weight is 121 g/mol. The van der Waals surface area contributed by atoms with Crippen LogP contribution in [0, 0.1) is 13.3 Å². The smallest absolute Gasteiger partial charge is 0.0621 e. The number of hydrogen-bond donors (Lipinski definition) is 0. The Bertz CT molecular complexity index is 179. The molecule has 0 N–H and O–H groups in total. The number of aromatic nitrogens is 2. The van der Waals surface area contributed by atoms with Gasteiger partial charge in [-0.2, -0.15) is 0 Å². The Morgan fingerprint density at radius 3 is 2.56 bits per heavy atom. The lowest BCUT2D eigenvalue weighted by atomic mass is 10.3. The lowest BCUT2D eigenvalue weighted by molar-refractivity contribution is 1.07. The summed E-state index contributed by atoms with van der Waals surface area (Å²) in [5, 5.41) is 0. The zero-order valence-corrected chi connectivity index (χ0v) is 5.63. The molecule has 0 spiro atoms. The number of rotatable bonds is 1. The molecule has 0 aliphatic carbocycles. The van der Waals surface area contributed by atoms with Gasteiger partial charge < -0.3 is 0 Å². The van der Waals surface area contributed by atoms with Crippen LogP contribution in [0.3, 0.4) is 0 Å². The summed E-state index contributed by atoms with van der Waals surface area (Å²) in [6, 6.07) is 0. The van der Waals surface area contributed by atoms with Gasteiger partial charge >= 0.3 is 0 Å². The van der Waals surface area contributed by atoms with E-state index in [9.17, 15) is 0 Å². The number of nitrogens with zero attached hydrogens (tertiary/aromatic N) is 2. The van der Waals surface area contributed by atoms with E-state index >= 15 is 0 Å². The Morgan fingerprint density at radius 2 is 2.11 bits per heavy atom. The molecule has 0 atom stereocenters. The van der Waals surface area contributed by atoms with E-state index in [4.69, 9.17) is 0 Å². The fourth-order valence-corrected chi connectivity index (χ4v) is 0.552. The summed E-state index contributed by atoms with van der Waals surface area (Å²) in [7, 11) is 0. The fourth-order valence-electron chi connectivity index (χ4n) is 0.552. The third-order valence-electron chi connectivity index (χ3n) is 1.10. The Balaban J connectivity index is 2.88. The van der Waals surface area contributed by atoms with Crippen LogP contribution in [0.2, 0.25) is 0 Å². The van der Waals surface area contributed by atoms with Gasteiger partial charge in [0.25, 0.3) is 0 Å². The van der Waals surface area contributed by atoms with E-state index in [0.29, 0.717) is 0 Å². The summed E-state index contributed by atoms with van der Waals surface area (Å²) in [4.78, 5) is 8.13. The molecule has 0 saturated heterocycles. The van der Waals surface area contributed by atoms with E-state index in [1.807, 2.05) is 20.3 Å². The Morgan fingerprint density at radius 1 is 1.33 bits per heavy atom. The van der Waals surface area contributed by atoms with Gasteiger partial charge in [-0.25, -0.2) is 0 Å². The zero-order valence-electron chi connectivity index (χ0n) is 5.63. The minimum Gasteiger partial charge on any atom is -0.258 e. The Kier molecular flexibility index (Phi) is 1.78. The molecule has 0 fully saturated rings. The monoisotopic (exact) mass is 121 g/mol. The van der Waals surface area contributed by atoms with Gasteiger partial charge in [-0.3, -0.25) is 9.97 Å². The van der Waals surface area contributed by atoms with Crippen molar-refractivity contribution >= 4 is 0 Å². The molecule has 1 rings (SSSR count). The maximum Gasteiger partial charge on any atom is 0.0621 e. The SMILES string of the molecule is C[CH]c1cnc(C)cn1. The highest BCUT2D eigenvalue weighted by Crippen LogP contribution is 1.94. The standard InChI is InChI=1S/C7H9N2/c1-3-7-5-8-6(2)4-9-7/h3-5H,1-2H3. The summed E-state index contributed by atoms with van der Waals surface area (Å²) in [5.41, 5.74) is 1.89. The van der Waals surface area contributed by atoms with Crippen LogP contribution >= 0.6 is 0 Å². The Labute approximate surface area is 55.0 Å². The first-order chi connectivity index (χ1) is 4.33. The average Bonchev–Trinajstić information content (AvgIpc) is 1.90. The van der Waals surface area contributed by atoms with Crippen molar-refractivity contribution in [1.29, 1.82) is 0 Å². The molecule has 1 aromatic rings. The minimum atomic E-state index is 0.931. The highest BCUT2D eigenvalue weighted by atomic mass is 14.8. The quantitative estimate of drug-likeness (QED) is 0.560. The van der Waals surface area contributed by atoms with Crippen LogP contribution < -0.4 is 0 Å². The van der Waals surface area contributed by atoms with E-state index < -0.39 is 0 Å². The van der Waals surface area contributed by atoms with Crippen LogP contribution in [0.15, 0.2) is 12.4 Å². The Hall–Kier alpha value is -0.920. The zero-order chi connectivity index (χ0) is 6.69. The van der Waals surface area contributed by atoms with Crippen molar-refractivity contribution in [2.45, 2.75) is 13.8 Å². The second-order valence-electron chi connectivity index (χ2n) is 1.87. The van der Waals surface area contributed by atoms with Crippen molar-refractivity contribution in [3.05, 3.63) is 30.2 Å². The molecule has 1 aromatic heterocycles. The molecular formula is C7H9N2. The summed E-state index contributed by atoms with van der Waals surface area (Å²) < 4.78 is 0. The van der Waals surface area contributed by atoms with Crippen molar-refractivity contribution in [3.63, 3.8) is 0 Å². The predicted octanol–water partition coefficient (Wildman–Crippen LogP) is 1.36. The van der Waals surface area contributed by atoms with Crippen LogP contribution in [0.5, 0.6) is 0 Å². The summed E-state index contributed by atoms with van der Waals surface area (Å²) in [5.74, 6) is 0. The first kappa shape index (κ1) is 6.20. The maximum atomic E-state index is 4.08. The highest BCUT2D eigenvalue weighted by molar-refractivity contribution is 5.07. The van der Waals surface area contributed by atoms with Gasteiger partial charge in [-0.05, 0) is 6.92 Å². The van der Waals surface area contributed by atoms with Crippen molar-refractivity contribution in [1.82, 2.24) is 9.97 Å². The minimum absolute atomic E-state index is 0.931. The second-order valence-corrected chi connectivity index (χ2v) is 1.87. The van der Waals surface area contributed by atoms with Crippen LogP contribution in [0.4, 0.5) is 0 Å². The van der Waals surface area contributed by atoms with E-state index in [2.05, 4.69) is 9.97 Å². The van der Waals surface area contributed by atoms with Crippen molar-refractivity contribution in [2.75, 3.05) is 0 Å². The molecule has 0 aliphatic heterocycles. The molecule has 2 heteroatoms. The van der Waals surface area contributed by atoms with Gasteiger partial charge in [0.15, 0.2) is 0 Å². The molecule has 0 bridgehead atoms. The third kappa shape index (κ3) is 1.49. The molecule has 0 unspecified atom stereocenters. The molecule has 47 valence electrons. The topological polar surface area (TPSA) is 25.8 Å². The van der Waals surface area contributed by atoms with Crippen LogP contribution in [-0.4, -0.2) is 9.97 Å². The lowest BCUT2D eigenvalue weighted by Gasteiger charge is -1.92. The van der Waals surface area contributed by atoms with Crippen molar-refractivity contribution in [2.24, 2.45) is 0 Å². The summed E-state index contributed by atoms with van der Waals surface area (Å²) >= 11 is 0. The first-order valence-corrected chi connectivity index (χ1v) is 2.91. The van der Waals surface area contributed by atoms with Crippen LogP contribution in [0.25, 0.3) is 0 Å². The first-order valence-electron chi connectivity index (χ1n) is 2.91. The third-order valence-corrected chi connectivity index (χ3v) is 1.10. The van der Waals surface area contributed by atoms with Gasteiger partial charge in [0.05, 0.1) is 11.4 Å². The molecule has 0 saturated carbocycles. The largest absolute Gasteiger partial charge is 0.258 e. The molecule has 9 heavy (non-hydrogen) atoms. The van der Waals surface area contributed by atoms with E-state index in [1.165, 1.54) is 0 Å². The number of aryl methyl sites for hydroxylation is 1. The number of hydrogen-bond acceptors (Lipinski definition) is 2. The lowest BCUT2D eigenvalue weighted by Crippen LogP contribution is -1.87. The van der Waals surface area contributed by atoms with Crippen molar-refractivity contribution < 1.29 is 0 Å². The molecule has 1 radical (unpaired) electrons. The fraction of sp³-hybridized carbons (Fsp3) is 0.286. The molecule has 1 heterocycles. The predicted molar refractivity (Wildman–Crippen MR) is 35.8 cm³/mol. The second kappa shape index (κ2) is 2.58.